The third-order valence-corrected chi connectivity index (χ3v) is 7.36. The molecule has 0 bridgehead atoms. The predicted octanol–water partition coefficient (Wildman–Crippen LogP) is 2.49. The maximum atomic E-state index is 12.7. The van der Waals surface area contributed by atoms with Crippen LogP contribution in [0.3, 0.4) is 0 Å². The predicted molar refractivity (Wildman–Crippen MR) is 115 cm³/mol. The maximum Gasteiger partial charge on any atom is 0.410 e. The normalized spacial score (nSPS) is 38.0. The van der Waals surface area contributed by atoms with Gasteiger partial charge in [-0.15, -0.1) is 0 Å². The molecule has 1 aliphatic carbocycles. The van der Waals surface area contributed by atoms with Crippen molar-refractivity contribution in [2.75, 3.05) is 40.5 Å². The summed E-state index contributed by atoms with van der Waals surface area (Å²) < 4.78 is 29.1. The molecule has 0 aromatic rings. The van der Waals surface area contributed by atoms with Crippen molar-refractivity contribution in [1.29, 1.82) is 0 Å². The fourth-order valence-corrected chi connectivity index (χ4v) is 5.36. The zero-order chi connectivity index (χ0) is 23.1. The van der Waals surface area contributed by atoms with Gasteiger partial charge in [-0.2, -0.15) is 0 Å². The van der Waals surface area contributed by atoms with Crippen LogP contribution in [-0.2, 0) is 23.7 Å². The third-order valence-electron chi connectivity index (χ3n) is 7.36. The minimum atomic E-state index is -0.461. The van der Waals surface area contributed by atoms with Gasteiger partial charge in [0.25, 0.3) is 0 Å². The molecule has 3 saturated heterocycles. The molecule has 9 heteroatoms. The molecule has 180 valence electrons. The van der Waals surface area contributed by atoms with Crippen LogP contribution < -0.4 is 5.32 Å². The van der Waals surface area contributed by atoms with E-state index in [1.807, 2.05) is 0 Å². The highest BCUT2D eigenvalue weighted by atomic mass is 16.6. The largest absolute Gasteiger partial charge is 0.449 e. The molecule has 4 rings (SSSR count). The van der Waals surface area contributed by atoms with E-state index in [2.05, 4.69) is 32.2 Å². The molecular formula is C23H36N2O7. The summed E-state index contributed by atoms with van der Waals surface area (Å²) >= 11 is 0. The van der Waals surface area contributed by atoms with E-state index >= 15 is 0 Å². The quantitative estimate of drug-likeness (QED) is 0.468. The number of nitrogens with one attached hydrogen (secondary N) is 1. The number of methoxy groups -OCH3 is 1. The average molecular weight is 453 g/mol. The lowest BCUT2D eigenvalue weighted by molar-refractivity contribution is -0.125. The molecule has 6 atom stereocenters. The molecule has 1 saturated carbocycles. The number of alkyl carbamates (subject to hydrolysis) is 1. The van der Waals surface area contributed by atoms with Gasteiger partial charge < -0.3 is 33.9 Å². The Bertz CT molecular complexity index is 757. The lowest BCUT2D eigenvalue weighted by Crippen LogP contribution is -2.58. The van der Waals surface area contributed by atoms with Crippen molar-refractivity contribution < 1.29 is 33.3 Å². The van der Waals surface area contributed by atoms with Gasteiger partial charge >= 0.3 is 12.2 Å². The van der Waals surface area contributed by atoms with E-state index < -0.39 is 6.09 Å². The molecule has 4 aliphatic rings. The number of hydrogen-bond donors (Lipinski definition) is 1. The van der Waals surface area contributed by atoms with Crippen LogP contribution in [0.2, 0.25) is 0 Å². The molecular weight excluding hydrogens is 416 g/mol. The second kappa shape index (κ2) is 8.83. The number of allylic oxidation sites excluding steroid dienone is 1. The Kier molecular flexibility index (Phi) is 6.44. The van der Waals surface area contributed by atoms with E-state index in [9.17, 15) is 9.59 Å². The fourth-order valence-electron chi connectivity index (χ4n) is 5.36. The lowest BCUT2D eigenvalue weighted by Gasteiger charge is -2.44. The smallest absolute Gasteiger partial charge is 0.410 e. The highest BCUT2D eigenvalue weighted by molar-refractivity contribution is 5.69. The van der Waals surface area contributed by atoms with Crippen LogP contribution in [-0.4, -0.2) is 87.1 Å². The molecule has 0 radical (unpaired) electrons. The van der Waals surface area contributed by atoms with E-state index in [-0.39, 0.29) is 54.0 Å². The van der Waals surface area contributed by atoms with Gasteiger partial charge in [0, 0.05) is 33.2 Å². The Balaban J connectivity index is 1.35. The van der Waals surface area contributed by atoms with Crippen LogP contribution in [0.1, 0.15) is 40.0 Å². The summed E-state index contributed by atoms with van der Waals surface area (Å²) in [6, 6.07) is 0. The highest BCUT2D eigenvalue weighted by Gasteiger charge is 2.72. The average Bonchev–Trinajstić information content (AvgIpc) is 3.63. The summed E-state index contributed by atoms with van der Waals surface area (Å²) in [4.78, 5) is 25.6. The zero-order valence-electron chi connectivity index (χ0n) is 19.7. The number of hydrogen-bond acceptors (Lipinski definition) is 7. The lowest BCUT2D eigenvalue weighted by atomic mass is 9.68. The molecule has 3 aliphatic heterocycles. The summed E-state index contributed by atoms with van der Waals surface area (Å²) in [5.74, 6) is 0.141. The third kappa shape index (κ3) is 4.47. The number of rotatable bonds is 7. The summed E-state index contributed by atoms with van der Waals surface area (Å²) in [5.41, 5.74) is 0.678. The first-order valence-electron chi connectivity index (χ1n) is 11.5. The molecule has 32 heavy (non-hydrogen) atoms. The molecule has 0 aromatic heterocycles. The number of likely N-dealkylation sites (tertiary alicyclic amines) is 1. The molecule has 0 aromatic carbocycles. The Hall–Kier alpha value is -1.84. The first-order chi connectivity index (χ1) is 15.2. The molecule has 2 amide bonds. The SMILES string of the molecule is CNC(=O)OCC1CN(C(=O)OC2CCC3(CO3)C([C@@]3(C)O[C@@H]3CC=C(C)C)C2OC)C1. The van der Waals surface area contributed by atoms with Gasteiger partial charge in [0.1, 0.15) is 23.4 Å². The van der Waals surface area contributed by atoms with Crippen molar-refractivity contribution in [2.24, 2.45) is 11.8 Å². The van der Waals surface area contributed by atoms with Gasteiger partial charge in [-0.25, -0.2) is 9.59 Å². The van der Waals surface area contributed by atoms with Gasteiger partial charge in [0.15, 0.2) is 0 Å². The standard InChI is InChI=1S/C23H36N2O7/c1-14(2)6-7-17-22(3,32-17)19-18(28-5)16(8-9-23(19)13-30-23)31-21(27)25-10-15(11-25)12-29-20(26)24-4/h6,15-19H,7-13H2,1-5H3,(H,24,26)/t16?,17-,18?,19?,22+,23?/m1/s1. The van der Waals surface area contributed by atoms with Crippen molar-refractivity contribution in [3.63, 3.8) is 0 Å². The molecule has 1 spiro atoms. The summed E-state index contributed by atoms with van der Waals surface area (Å²) in [7, 11) is 3.19. The van der Waals surface area contributed by atoms with Crippen LogP contribution in [0.4, 0.5) is 9.59 Å². The maximum absolute atomic E-state index is 12.7. The van der Waals surface area contributed by atoms with Gasteiger partial charge in [-0.1, -0.05) is 11.6 Å². The van der Waals surface area contributed by atoms with Crippen LogP contribution in [0.15, 0.2) is 11.6 Å². The number of carbonyl (C=O) groups is 2. The van der Waals surface area contributed by atoms with Crippen molar-refractivity contribution in [2.45, 2.75) is 69.5 Å². The molecule has 3 heterocycles. The van der Waals surface area contributed by atoms with Crippen LogP contribution in [0.5, 0.6) is 0 Å². The number of carbonyl (C=O) groups excluding carboxylic acids is 2. The van der Waals surface area contributed by atoms with Crippen molar-refractivity contribution in [3.8, 4) is 0 Å². The van der Waals surface area contributed by atoms with Crippen LogP contribution in [0, 0.1) is 11.8 Å². The fraction of sp³-hybridized carbons (Fsp3) is 0.826. The molecule has 1 N–H and O–H groups in total. The van der Waals surface area contributed by atoms with E-state index in [4.69, 9.17) is 23.7 Å². The Labute approximate surface area is 189 Å². The molecule has 4 fully saturated rings. The van der Waals surface area contributed by atoms with E-state index in [0.717, 1.165) is 12.8 Å². The van der Waals surface area contributed by atoms with Crippen LogP contribution in [0.25, 0.3) is 0 Å². The Morgan fingerprint density at radius 1 is 1.28 bits per heavy atom. The molecule has 4 unspecified atom stereocenters. The van der Waals surface area contributed by atoms with Gasteiger partial charge in [0.2, 0.25) is 0 Å². The van der Waals surface area contributed by atoms with Crippen LogP contribution >= 0.6 is 0 Å². The minimum Gasteiger partial charge on any atom is -0.449 e. The van der Waals surface area contributed by atoms with E-state index in [1.54, 1.807) is 12.0 Å². The zero-order valence-corrected chi connectivity index (χ0v) is 19.7. The highest BCUT2D eigenvalue weighted by Crippen LogP contribution is 2.59. The number of epoxide rings is 2. The summed E-state index contributed by atoms with van der Waals surface area (Å²) in [5, 5.41) is 2.41. The Morgan fingerprint density at radius 3 is 2.59 bits per heavy atom. The number of amides is 2. The van der Waals surface area contributed by atoms with Gasteiger partial charge in [-0.3, -0.25) is 0 Å². The summed E-state index contributed by atoms with van der Waals surface area (Å²) in [6.07, 6.45) is 3.27. The first-order valence-corrected chi connectivity index (χ1v) is 11.5. The van der Waals surface area contributed by atoms with Crippen molar-refractivity contribution in [1.82, 2.24) is 10.2 Å². The van der Waals surface area contributed by atoms with E-state index in [0.29, 0.717) is 26.1 Å². The first kappa shape index (κ1) is 23.3. The van der Waals surface area contributed by atoms with Crippen molar-refractivity contribution in [3.05, 3.63) is 11.6 Å². The van der Waals surface area contributed by atoms with E-state index in [1.165, 1.54) is 12.6 Å². The second-order valence-corrected chi connectivity index (χ2v) is 9.92. The number of ether oxygens (including phenoxy) is 5. The second-order valence-electron chi connectivity index (χ2n) is 9.92. The monoisotopic (exact) mass is 452 g/mol. The number of nitrogens with zero attached hydrogens (tertiary/aromatic N) is 1. The Morgan fingerprint density at radius 2 is 2.00 bits per heavy atom. The summed E-state index contributed by atoms with van der Waals surface area (Å²) in [6.45, 7) is 8.33. The van der Waals surface area contributed by atoms with Gasteiger partial charge in [0.05, 0.1) is 25.2 Å². The molecule has 9 nitrogen and oxygen atoms in total. The minimum absolute atomic E-state index is 0.00667. The topological polar surface area (TPSA) is 102 Å². The van der Waals surface area contributed by atoms with Gasteiger partial charge in [-0.05, 0) is 40.0 Å². The van der Waals surface area contributed by atoms with Crippen molar-refractivity contribution >= 4 is 12.2 Å².